The normalized spacial score (nSPS) is 14.6. The summed E-state index contributed by atoms with van der Waals surface area (Å²) < 4.78 is 0. The highest BCUT2D eigenvalue weighted by atomic mass is 32.2. The van der Waals surface area contributed by atoms with Gasteiger partial charge in [-0.05, 0) is 12.8 Å². The highest BCUT2D eigenvalue weighted by Crippen LogP contribution is 2.11. The molecule has 0 bridgehead atoms. The van der Waals surface area contributed by atoms with Gasteiger partial charge in [-0.3, -0.25) is 9.59 Å². The van der Waals surface area contributed by atoms with E-state index < -0.39 is 12.0 Å². The quantitative estimate of drug-likeness (QED) is 0.602. The third-order valence-electron chi connectivity index (χ3n) is 1.90. The Kier molecular flexibility index (Phi) is 7.16. The number of hydrogen-bond donors (Lipinski definition) is 3. The number of carboxylic acid groups (broad SMARTS) is 1. The number of hydrogen-bond acceptors (Lipinski definition) is 4. The first-order valence-corrected chi connectivity index (χ1v) is 6.27. The molecule has 16 heavy (non-hydrogen) atoms. The second kappa shape index (κ2) is 7.51. The van der Waals surface area contributed by atoms with Crippen LogP contribution in [0.4, 0.5) is 0 Å². The van der Waals surface area contributed by atoms with Crippen molar-refractivity contribution in [3.63, 3.8) is 0 Å². The average Bonchev–Trinajstić information content (AvgIpc) is 2.21. The predicted molar refractivity (Wildman–Crippen MR) is 65.4 cm³/mol. The summed E-state index contributed by atoms with van der Waals surface area (Å²) in [4.78, 5) is 22.0. The highest BCUT2D eigenvalue weighted by Gasteiger charge is 2.17. The van der Waals surface area contributed by atoms with Crippen LogP contribution >= 0.6 is 11.8 Å². The van der Waals surface area contributed by atoms with Crippen molar-refractivity contribution in [3.05, 3.63) is 0 Å². The van der Waals surface area contributed by atoms with E-state index in [1.165, 1.54) is 11.8 Å². The molecule has 2 unspecified atom stereocenters. The third kappa shape index (κ3) is 6.68. The van der Waals surface area contributed by atoms with E-state index in [-0.39, 0.29) is 16.9 Å². The first-order valence-electron chi connectivity index (χ1n) is 5.22. The van der Waals surface area contributed by atoms with Gasteiger partial charge in [-0.15, -0.1) is 11.8 Å². The predicted octanol–water partition coefficient (Wildman–Crippen LogP) is 0.292. The van der Waals surface area contributed by atoms with Crippen LogP contribution < -0.4 is 11.1 Å². The van der Waals surface area contributed by atoms with Gasteiger partial charge in [0.1, 0.15) is 6.04 Å². The minimum atomic E-state index is -1.04. The number of rotatable bonds is 7. The summed E-state index contributed by atoms with van der Waals surface area (Å²) in [6.07, 6.45) is 0. The molecule has 0 aromatic carbocycles. The Morgan fingerprint density at radius 2 is 1.94 bits per heavy atom. The summed E-state index contributed by atoms with van der Waals surface area (Å²) >= 11 is 1.25. The Morgan fingerprint density at radius 3 is 2.38 bits per heavy atom. The SMILES string of the molecule is CC(C)CNC(=O)C(C)SCC(N)C(=O)O. The molecule has 0 aromatic rings. The number of carbonyl (C=O) groups is 2. The summed E-state index contributed by atoms with van der Waals surface area (Å²) in [5, 5.41) is 11.1. The van der Waals surface area contributed by atoms with Gasteiger partial charge in [0, 0.05) is 12.3 Å². The molecule has 0 saturated heterocycles. The Hall–Kier alpha value is -0.750. The van der Waals surface area contributed by atoms with Gasteiger partial charge in [-0.1, -0.05) is 13.8 Å². The van der Waals surface area contributed by atoms with E-state index in [0.717, 1.165) is 0 Å². The first kappa shape index (κ1) is 15.2. The molecule has 0 aliphatic rings. The molecule has 4 N–H and O–H groups in total. The Bertz CT molecular complexity index is 246. The van der Waals surface area contributed by atoms with Crippen LogP contribution in [-0.2, 0) is 9.59 Å². The monoisotopic (exact) mass is 248 g/mol. The van der Waals surface area contributed by atoms with Crippen LogP contribution in [0.25, 0.3) is 0 Å². The zero-order valence-electron chi connectivity index (χ0n) is 9.90. The molecular formula is C10H20N2O3S. The van der Waals surface area contributed by atoms with E-state index in [9.17, 15) is 9.59 Å². The highest BCUT2D eigenvalue weighted by molar-refractivity contribution is 8.00. The molecule has 5 nitrogen and oxygen atoms in total. The van der Waals surface area contributed by atoms with Gasteiger partial charge < -0.3 is 16.2 Å². The van der Waals surface area contributed by atoms with Crippen molar-refractivity contribution in [2.75, 3.05) is 12.3 Å². The van der Waals surface area contributed by atoms with E-state index >= 15 is 0 Å². The molecule has 0 heterocycles. The van der Waals surface area contributed by atoms with Gasteiger partial charge in [0.05, 0.1) is 5.25 Å². The maximum Gasteiger partial charge on any atom is 0.321 e. The largest absolute Gasteiger partial charge is 0.480 e. The molecule has 6 heteroatoms. The molecule has 0 aromatic heterocycles. The van der Waals surface area contributed by atoms with Crippen molar-refractivity contribution in [1.82, 2.24) is 5.32 Å². The van der Waals surface area contributed by atoms with Crippen LogP contribution in [0.3, 0.4) is 0 Å². The Labute approximate surface area is 100 Å². The fraction of sp³-hybridized carbons (Fsp3) is 0.800. The molecule has 1 amide bonds. The van der Waals surface area contributed by atoms with Gasteiger partial charge in [0.25, 0.3) is 0 Å². The van der Waals surface area contributed by atoms with Crippen molar-refractivity contribution >= 4 is 23.6 Å². The molecule has 0 rings (SSSR count). The van der Waals surface area contributed by atoms with Gasteiger partial charge in [-0.2, -0.15) is 0 Å². The van der Waals surface area contributed by atoms with Crippen molar-refractivity contribution in [3.8, 4) is 0 Å². The molecule has 0 aliphatic carbocycles. The van der Waals surface area contributed by atoms with Crippen molar-refractivity contribution in [1.29, 1.82) is 0 Å². The molecule has 0 spiro atoms. The van der Waals surface area contributed by atoms with Crippen LogP contribution in [0.5, 0.6) is 0 Å². The van der Waals surface area contributed by atoms with Crippen molar-refractivity contribution in [2.45, 2.75) is 32.1 Å². The Morgan fingerprint density at radius 1 is 1.38 bits per heavy atom. The molecule has 0 radical (unpaired) electrons. The maximum absolute atomic E-state index is 11.5. The van der Waals surface area contributed by atoms with Crippen molar-refractivity contribution < 1.29 is 14.7 Å². The van der Waals surface area contributed by atoms with Gasteiger partial charge in [-0.25, -0.2) is 0 Å². The minimum absolute atomic E-state index is 0.0729. The molecule has 2 atom stereocenters. The standard InChI is InChI=1S/C10H20N2O3S/c1-6(2)4-12-9(13)7(3)16-5-8(11)10(14)15/h6-8H,4-5,11H2,1-3H3,(H,12,13)(H,14,15). The summed E-state index contributed by atoms with van der Waals surface area (Å²) in [6.45, 7) is 6.40. The van der Waals surface area contributed by atoms with Crippen LogP contribution in [0.1, 0.15) is 20.8 Å². The lowest BCUT2D eigenvalue weighted by atomic mass is 10.2. The number of nitrogens with two attached hydrogens (primary N) is 1. The lowest BCUT2D eigenvalue weighted by molar-refractivity contribution is -0.138. The van der Waals surface area contributed by atoms with E-state index in [0.29, 0.717) is 12.5 Å². The lowest BCUT2D eigenvalue weighted by Crippen LogP contribution is -2.37. The van der Waals surface area contributed by atoms with E-state index in [1.807, 2.05) is 13.8 Å². The molecular weight excluding hydrogens is 228 g/mol. The third-order valence-corrected chi connectivity index (χ3v) is 3.16. The summed E-state index contributed by atoms with van der Waals surface area (Å²) in [7, 11) is 0. The number of aliphatic carboxylic acids is 1. The van der Waals surface area contributed by atoms with Crippen molar-refractivity contribution in [2.24, 2.45) is 11.7 Å². The zero-order valence-corrected chi connectivity index (χ0v) is 10.7. The second-order valence-electron chi connectivity index (χ2n) is 4.06. The number of carbonyl (C=O) groups excluding carboxylic acids is 1. The molecule has 0 aliphatic heterocycles. The van der Waals surface area contributed by atoms with E-state index in [1.54, 1.807) is 6.92 Å². The van der Waals surface area contributed by atoms with Crippen LogP contribution in [0.15, 0.2) is 0 Å². The smallest absolute Gasteiger partial charge is 0.321 e. The zero-order chi connectivity index (χ0) is 12.7. The summed E-state index contributed by atoms with van der Waals surface area (Å²) in [6, 6.07) is -0.912. The topological polar surface area (TPSA) is 92.4 Å². The van der Waals surface area contributed by atoms with E-state index in [2.05, 4.69) is 5.32 Å². The van der Waals surface area contributed by atoms with Crippen LogP contribution in [0, 0.1) is 5.92 Å². The average molecular weight is 248 g/mol. The number of carboxylic acids is 1. The number of thioether (sulfide) groups is 1. The number of amides is 1. The molecule has 94 valence electrons. The van der Waals surface area contributed by atoms with E-state index in [4.69, 9.17) is 10.8 Å². The Balaban J connectivity index is 3.83. The van der Waals surface area contributed by atoms with Crippen LogP contribution in [-0.4, -0.2) is 40.6 Å². The molecule has 0 fully saturated rings. The fourth-order valence-electron chi connectivity index (χ4n) is 0.843. The molecule has 0 saturated carbocycles. The van der Waals surface area contributed by atoms with Gasteiger partial charge >= 0.3 is 5.97 Å². The summed E-state index contributed by atoms with van der Waals surface area (Å²) in [5.41, 5.74) is 5.34. The van der Waals surface area contributed by atoms with Crippen LogP contribution in [0.2, 0.25) is 0 Å². The second-order valence-corrected chi connectivity index (χ2v) is 5.43. The van der Waals surface area contributed by atoms with Gasteiger partial charge in [0.15, 0.2) is 0 Å². The fourth-order valence-corrected chi connectivity index (χ4v) is 1.72. The number of nitrogens with one attached hydrogen (secondary N) is 1. The van der Waals surface area contributed by atoms with Gasteiger partial charge in [0.2, 0.25) is 5.91 Å². The maximum atomic E-state index is 11.5. The first-order chi connectivity index (χ1) is 7.34. The summed E-state index contributed by atoms with van der Waals surface area (Å²) in [5.74, 6) is -0.466. The minimum Gasteiger partial charge on any atom is -0.480 e. The lowest BCUT2D eigenvalue weighted by Gasteiger charge is -2.14.